The van der Waals surface area contributed by atoms with Crippen LogP contribution in [-0.4, -0.2) is 59.8 Å². The summed E-state index contributed by atoms with van der Waals surface area (Å²) in [6.07, 6.45) is 1.96. The summed E-state index contributed by atoms with van der Waals surface area (Å²) >= 11 is 2.02. The second-order valence-corrected chi connectivity index (χ2v) is 14.7. The first kappa shape index (κ1) is 37.0. The van der Waals surface area contributed by atoms with E-state index in [1.165, 1.54) is 6.92 Å². The summed E-state index contributed by atoms with van der Waals surface area (Å²) in [4.78, 5) is 54.9. The van der Waals surface area contributed by atoms with Crippen LogP contribution in [0.5, 0.6) is 5.75 Å². The van der Waals surface area contributed by atoms with Gasteiger partial charge < -0.3 is 26.4 Å². The van der Waals surface area contributed by atoms with Crippen molar-refractivity contribution in [3.05, 3.63) is 123 Å². The minimum atomic E-state index is -1.05. The summed E-state index contributed by atoms with van der Waals surface area (Å²) in [5, 5.41) is 26.3. The molecule has 3 amide bonds. The predicted molar refractivity (Wildman–Crippen MR) is 212 cm³/mol. The van der Waals surface area contributed by atoms with Gasteiger partial charge in [0.25, 0.3) is 0 Å². The van der Waals surface area contributed by atoms with Crippen LogP contribution >= 0.6 is 22.6 Å². The maximum atomic E-state index is 14.3. The molecule has 1 aliphatic rings. The number of aromatic hydroxyl groups is 1. The number of hydrogen-bond donors (Lipinski definition) is 5. The van der Waals surface area contributed by atoms with Crippen molar-refractivity contribution in [1.29, 1.82) is 0 Å². The number of rotatable bonds is 13. The number of halogens is 1. The molecule has 0 radical (unpaired) electrons. The van der Waals surface area contributed by atoms with E-state index in [1.807, 2.05) is 108 Å². The van der Waals surface area contributed by atoms with Gasteiger partial charge in [-0.2, -0.15) is 0 Å². The summed E-state index contributed by atoms with van der Waals surface area (Å²) in [7, 11) is 0. The van der Waals surface area contributed by atoms with Crippen molar-refractivity contribution in [1.82, 2.24) is 21.3 Å². The van der Waals surface area contributed by atoms with Gasteiger partial charge in [-0.25, -0.2) is 0 Å². The largest absolute Gasteiger partial charge is 0.507 e. The predicted octanol–water partition coefficient (Wildman–Crippen LogP) is 5.37. The van der Waals surface area contributed by atoms with Gasteiger partial charge in [0.2, 0.25) is 17.7 Å². The van der Waals surface area contributed by atoms with E-state index in [4.69, 9.17) is 0 Å². The Labute approximate surface area is 317 Å². The Morgan fingerprint density at radius 2 is 1.12 bits per heavy atom. The molecule has 268 valence electrons. The molecule has 1 heterocycles. The molecule has 5 aromatic rings. The number of ketones is 1. The van der Waals surface area contributed by atoms with E-state index in [2.05, 4.69) is 21.3 Å². The Morgan fingerprint density at radius 3 is 1.65 bits per heavy atom. The lowest BCUT2D eigenvalue weighted by Crippen LogP contribution is -2.57. The lowest BCUT2D eigenvalue weighted by atomic mass is 9.95. The first-order chi connectivity index (χ1) is 25.1. The van der Waals surface area contributed by atoms with Gasteiger partial charge in [-0.3, -0.25) is 19.2 Å². The van der Waals surface area contributed by atoms with Crippen molar-refractivity contribution in [2.75, 3.05) is 13.1 Å². The standard InChI is InChI=1S/C42H43IN4O5/c1-26(48)36(23-29-12-15-39(49)35(43)22-29)45-41(51)38(25-28-11-14-31-7-3-5-9-34(31)21-28)47-42(52)37(46-40(50)32-16-18-44-19-17-32)24-27-10-13-30-6-2-4-8-33(30)20-27/h2-15,20-22,32,36-38,44,49H,16-19,23-25H2,1H3,(H,45,51)(H,46,50)(H,47,52). The highest BCUT2D eigenvalue weighted by molar-refractivity contribution is 14.1. The van der Waals surface area contributed by atoms with Gasteiger partial charge in [-0.1, -0.05) is 91.0 Å². The smallest absolute Gasteiger partial charge is 0.243 e. The highest BCUT2D eigenvalue weighted by atomic mass is 127. The van der Waals surface area contributed by atoms with Crippen LogP contribution in [0, 0.1) is 9.49 Å². The molecule has 1 saturated heterocycles. The van der Waals surface area contributed by atoms with Crippen LogP contribution in [0.3, 0.4) is 0 Å². The van der Waals surface area contributed by atoms with E-state index in [1.54, 1.807) is 18.2 Å². The average molecular weight is 811 g/mol. The fraction of sp³-hybridized carbons (Fsp3) is 0.286. The molecule has 0 aliphatic carbocycles. The number of phenolic OH excluding ortho intramolecular Hbond substituents is 1. The van der Waals surface area contributed by atoms with Gasteiger partial charge in [-0.05, 0) is 112 Å². The zero-order valence-electron chi connectivity index (χ0n) is 29.0. The number of fused-ring (bicyclic) bond motifs is 2. The molecule has 0 aromatic heterocycles. The van der Waals surface area contributed by atoms with Gasteiger partial charge >= 0.3 is 0 Å². The summed E-state index contributed by atoms with van der Waals surface area (Å²) in [6, 6.07) is 30.0. The maximum Gasteiger partial charge on any atom is 0.243 e. The van der Waals surface area contributed by atoms with E-state index in [9.17, 15) is 24.3 Å². The molecule has 5 N–H and O–H groups in total. The molecule has 5 aromatic carbocycles. The normalized spacial score (nSPS) is 15.0. The van der Waals surface area contributed by atoms with Crippen molar-refractivity contribution in [3.63, 3.8) is 0 Å². The highest BCUT2D eigenvalue weighted by Gasteiger charge is 2.31. The summed E-state index contributed by atoms with van der Waals surface area (Å²) in [5.41, 5.74) is 2.48. The average Bonchev–Trinajstić information content (AvgIpc) is 3.15. The molecule has 0 spiro atoms. The Hall–Kier alpha value is -4.81. The molecule has 10 heteroatoms. The van der Waals surface area contributed by atoms with Crippen LogP contribution in [0.2, 0.25) is 0 Å². The Kier molecular flexibility index (Phi) is 12.2. The molecule has 0 saturated carbocycles. The van der Waals surface area contributed by atoms with E-state index in [0.717, 1.165) is 51.3 Å². The molecule has 1 fully saturated rings. The summed E-state index contributed by atoms with van der Waals surface area (Å²) < 4.78 is 0.633. The summed E-state index contributed by atoms with van der Waals surface area (Å²) in [6.45, 7) is 2.88. The van der Waals surface area contributed by atoms with Crippen molar-refractivity contribution < 1.29 is 24.3 Å². The number of nitrogens with one attached hydrogen (secondary N) is 4. The molecule has 0 bridgehead atoms. The van der Waals surface area contributed by atoms with Gasteiger partial charge in [0.05, 0.1) is 9.61 Å². The van der Waals surface area contributed by atoms with Crippen molar-refractivity contribution in [2.24, 2.45) is 5.92 Å². The SMILES string of the molecule is CC(=O)C(Cc1ccc(O)c(I)c1)NC(=O)C(Cc1ccc2ccccc2c1)NC(=O)C(Cc1ccc2ccccc2c1)NC(=O)C1CCNCC1. The van der Waals surface area contributed by atoms with Gasteiger partial charge in [0.15, 0.2) is 5.78 Å². The highest BCUT2D eigenvalue weighted by Crippen LogP contribution is 2.22. The monoisotopic (exact) mass is 810 g/mol. The van der Waals surface area contributed by atoms with Crippen LogP contribution in [-0.2, 0) is 38.4 Å². The number of piperidine rings is 1. The van der Waals surface area contributed by atoms with Crippen LogP contribution in [0.4, 0.5) is 0 Å². The molecule has 52 heavy (non-hydrogen) atoms. The number of amides is 3. The number of benzene rings is 5. The number of carbonyl (C=O) groups is 4. The minimum Gasteiger partial charge on any atom is -0.507 e. The number of Topliss-reactive ketones (excluding diaryl/α,β-unsaturated/α-hetero) is 1. The van der Waals surface area contributed by atoms with Gasteiger partial charge in [0, 0.05) is 18.8 Å². The van der Waals surface area contributed by atoms with Crippen molar-refractivity contribution in [2.45, 2.75) is 57.2 Å². The van der Waals surface area contributed by atoms with Crippen molar-refractivity contribution >= 4 is 67.6 Å². The van der Waals surface area contributed by atoms with Crippen LogP contribution in [0.25, 0.3) is 21.5 Å². The molecular formula is C42H43IN4O5. The third-order valence-electron chi connectivity index (χ3n) is 9.74. The van der Waals surface area contributed by atoms with Gasteiger partial charge in [-0.15, -0.1) is 0 Å². The summed E-state index contributed by atoms with van der Waals surface area (Å²) in [5.74, 6) is -1.50. The molecular weight excluding hydrogens is 767 g/mol. The number of carbonyl (C=O) groups excluding carboxylic acids is 4. The van der Waals surface area contributed by atoms with E-state index in [-0.39, 0.29) is 42.6 Å². The Balaban J connectivity index is 1.28. The molecule has 6 rings (SSSR count). The van der Waals surface area contributed by atoms with Gasteiger partial charge in [0.1, 0.15) is 17.8 Å². The molecule has 3 atom stereocenters. The first-order valence-corrected chi connectivity index (χ1v) is 18.8. The van der Waals surface area contributed by atoms with Crippen LogP contribution in [0.1, 0.15) is 36.5 Å². The third-order valence-corrected chi connectivity index (χ3v) is 10.6. The third kappa shape index (κ3) is 9.54. The Morgan fingerprint density at radius 1 is 0.654 bits per heavy atom. The van der Waals surface area contributed by atoms with Crippen molar-refractivity contribution in [3.8, 4) is 5.75 Å². The fourth-order valence-electron chi connectivity index (χ4n) is 6.75. The molecule has 3 unspecified atom stereocenters. The van der Waals surface area contributed by atoms with E-state index < -0.39 is 29.9 Å². The second-order valence-electron chi connectivity index (χ2n) is 13.6. The van der Waals surface area contributed by atoms with Crippen LogP contribution < -0.4 is 21.3 Å². The quantitative estimate of drug-likeness (QED) is 0.102. The number of phenols is 1. The zero-order chi connectivity index (χ0) is 36.6. The molecule has 9 nitrogen and oxygen atoms in total. The maximum absolute atomic E-state index is 14.3. The van der Waals surface area contributed by atoms with Crippen LogP contribution in [0.15, 0.2) is 103 Å². The topological polar surface area (TPSA) is 137 Å². The molecule has 1 aliphatic heterocycles. The lowest BCUT2D eigenvalue weighted by molar-refractivity contribution is -0.134. The minimum absolute atomic E-state index is 0.136. The van der Waals surface area contributed by atoms with E-state index >= 15 is 0 Å². The fourth-order valence-corrected chi connectivity index (χ4v) is 7.33. The second kappa shape index (κ2) is 17.1. The first-order valence-electron chi connectivity index (χ1n) is 17.7. The number of hydrogen-bond acceptors (Lipinski definition) is 6. The zero-order valence-corrected chi connectivity index (χ0v) is 31.2. The lowest BCUT2D eigenvalue weighted by Gasteiger charge is -2.27. The Bertz CT molecular complexity index is 2100. The van der Waals surface area contributed by atoms with E-state index in [0.29, 0.717) is 16.4 Å².